The molecular weight excluding hydrogens is 202 g/mol. The first-order valence-corrected chi connectivity index (χ1v) is 5.25. The van der Waals surface area contributed by atoms with Crippen molar-refractivity contribution in [2.45, 2.75) is 50.7 Å². The lowest BCUT2D eigenvalue weighted by atomic mass is 9.92. The smallest absolute Gasteiger partial charge is 0.222 e. The molecule has 1 heterocycles. The van der Waals surface area contributed by atoms with Crippen LogP contribution in [0.15, 0.2) is 0 Å². The number of aliphatic hydroxyl groups is 1. The van der Waals surface area contributed by atoms with E-state index in [0.29, 0.717) is 11.9 Å². The van der Waals surface area contributed by atoms with Crippen molar-refractivity contribution in [3.63, 3.8) is 0 Å². The molecule has 1 aliphatic carbocycles. The summed E-state index contributed by atoms with van der Waals surface area (Å²) >= 11 is 0. The van der Waals surface area contributed by atoms with E-state index in [0.717, 1.165) is 45.1 Å². The van der Waals surface area contributed by atoms with E-state index in [9.17, 15) is 9.90 Å². The monoisotopic (exact) mass is 219 g/mol. The summed E-state index contributed by atoms with van der Waals surface area (Å²) in [7, 11) is 0. The number of hydrogen-bond acceptors (Lipinski definition) is 2. The highest BCUT2D eigenvalue weighted by molar-refractivity contribution is 5.85. The molecule has 0 bridgehead atoms. The van der Waals surface area contributed by atoms with Crippen LogP contribution in [0, 0.1) is 0 Å². The Kier molecular flexibility index (Phi) is 4.20. The van der Waals surface area contributed by atoms with Crippen molar-refractivity contribution in [2.75, 3.05) is 6.54 Å². The molecule has 0 aromatic rings. The summed E-state index contributed by atoms with van der Waals surface area (Å²) < 4.78 is 0. The van der Waals surface area contributed by atoms with Gasteiger partial charge in [0.2, 0.25) is 5.91 Å². The van der Waals surface area contributed by atoms with Crippen LogP contribution in [0.5, 0.6) is 0 Å². The van der Waals surface area contributed by atoms with Gasteiger partial charge in [0.25, 0.3) is 0 Å². The highest BCUT2D eigenvalue weighted by atomic mass is 35.5. The predicted octanol–water partition coefficient (Wildman–Crippen LogP) is 1.33. The molecule has 3 nitrogen and oxygen atoms in total. The van der Waals surface area contributed by atoms with Gasteiger partial charge in [-0.05, 0) is 32.1 Å². The van der Waals surface area contributed by atoms with E-state index in [4.69, 9.17) is 0 Å². The summed E-state index contributed by atoms with van der Waals surface area (Å²) in [6.45, 7) is 0.944. The standard InChI is InChI=1S/C10H17NO2.ClH/c12-9-5-3-8(4-6-9)11-7-1-2-10(11)13;/h8-9,12H,1-7H2;1H. The molecule has 0 radical (unpaired) electrons. The van der Waals surface area contributed by atoms with Crippen LogP contribution >= 0.6 is 12.4 Å². The number of aliphatic hydroxyl groups excluding tert-OH is 1. The zero-order valence-electron chi connectivity index (χ0n) is 8.32. The number of nitrogens with zero attached hydrogens (tertiary/aromatic N) is 1. The third-order valence-corrected chi connectivity index (χ3v) is 3.22. The van der Waals surface area contributed by atoms with Gasteiger partial charge in [-0.3, -0.25) is 4.79 Å². The zero-order valence-corrected chi connectivity index (χ0v) is 9.13. The van der Waals surface area contributed by atoms with Crippen LogP contribution in [0.4, 0.5) is 0 Å². The van der Waals surface area contributed by atoms with E-state index in [1.54, 1.807) is 0 Å². The van der Waals surface area contributed by atoms with Crippen LogP contribution in [0.1, 0.15) is 38.5 Å². The first-order valence-electron chi connectivity index (χ1n) is 5.25. The largest absolute Gasteiger partial charge is 0.393 e. The molecule has 0 aromatic carbocycles. The summed E-state index contributed by atoms with van der Waals surface area (Å²) in [4.78, 5) is 13.4. The Hall–Kier alpha value is -0.280. The molecule has 0 atom stereocenters. The van der Waals surface area contributed by atoms with Gasteiger partial charge in [-0.25, -0.2) is 0 Å². The molecular formula is C10H18ClNO2. The van der Waals surface area contributed by atoms with E-state index in [2.05, 4.69) is 0 Å². The van der Waals surface area contributed by atoms with Crippen molar-refractivity contribution in [2.24, 2.45) is 0 Å². The number of carbonyl (C=O) groups is 1. The third kappa shape index (κ3) is 2.39. The lowest BCUT2D eigenvalue weighted by molar-refractivity contribution is -0.130. The number of likely N-dealkylation sites (tertiary alicyclic amines) is 1. The van der Waals surface area contributed by atoms with Gasteiger partial charge >= 0.3 is 0 Å². The normalized spacial score (nSPS) is 32.9. The van der Waals surface area contributed by atoms with Crippen LogP contribution in [0.25, 0.3) is 0 Å². The molecule has 0 spiro atoms. The minimum Gasteiger partial charge on any atom is -0.393 e. The van der Waals surface area contributed by atoms with Crippen LogP contribution in [0.2, 0.25) is 0 Å². The summed E-state index contributed by atoms with van der Waals surface area (Å²) in [6, 6.07) is 0.429. The lowest BCUT2D eigenvalue weighted by Gasteiger charge is -2.32. The topological polar surface area (TPSA) is 40.5 Å². The number of carbonyl (C=O) groups excluding carboxylic acids is 1. The van der Waals surface area contributed by atoms with E-state index in [1.165, 1.54) is 0 Å². The Balaban J connectivity index is 0.000000980. The van der Waals surface area contributed by atoms with Crippen LogP contribution in [-0.4, -0.2) is 34.6 Å². The minimum absolute atomic E-state index is 0. The van der Waals surface area contributed by atoms with Crippen LogP contribution < -0.4 is 0 Å². The van der Waals surface area contributed by atoms with E-state index < -0.39 is 0 Å². The predicted molar refractivity (Wildman–Crippen MR) is 56.5 cm³/mol. The number of rotatable bonds is 1. The van der Waals surface area contributed by atoms with Gasteiger partial charge < -0.3 is 10.0 Å². The zero-order chi connectivity index (χ0) is 9.26. The maximum atomic E-state index is 11.4. The summed E-state index contributed by atoms with van der Waals surface area (Å²) in [5.41, 5.74) is 0. The van der Waals surface area contributed by atoms with Crippen molar-refractivity contribution < 1.29 is 9.90 Å². The van der Waals surface area contributed by atoms with Gasteiger partial charge in [-0.2, -0.15) is 0 Å². The number of hydrogen-bond donors (Lipinski definition) is 1. The minimum atomic E-state index is -0.117. The Morgan fingerprint density at radius 3 is 2.36 bits per heavy atom. The molecule has 1 amide bonds. The fourth-order valence-electron chi connectivity index (χ4n) is 2.43. The molecule has 82 valence electrons. The van der Waals surface area contributed by atoms with Crippen molar-refractivity contribution in [3.05, 3.63) is 0 Å². The molecule has 2 aliphatic rings. The van der Waals surface area contributed by atoms with Crippen molar-refractivity contribution >= 4 is 18.3 Å². The van der Waals surface area contributed by atoms with Gasteiger partial charge in [0, 0.05) is 19.0 Å². The SMILES string of the molecule is Cl.O=C1CCCN1C1CCC(O)CC1. The summed E-state index contributed by atoms with van der Waals surface area (Å²) in [5, 5.41) is 9.33. The summed E-state index contributed by atoms with van der Waals surface area (Å²) in [5.74, 6) is 0.321. The average Bonchev–Trinajstić information content (AvgIpc) is 2.53. The fraction of sp³-hybridized carbons (Fsp3) is 0.900. The molecule has 1 aliphatic heterocycles. The maximum absolute atomic E-state index is 11.4. The molecule has 2 fully saturated rings. The second-order valence-corrected chi connectivity index (χ2v) is 4.15. The number of amides is 1. The van der Waals surface area contributed by atoms with Gasteiger partial charge in [-0.1, -0.05) is 0 Å². The van der Waals surface area contributed by atoms with E-state index in [-0.39, 0.29) is 18.5 Å². The maximum Gasteiger partial charge on any atom is 0.222 e. The van der Waals surface area contributed by atoms with E-state index >= 15 is 0 Å². The second-order valence-electron chi connectivity index (χ2n) is 4.15. The highest BCUT2D eigenvalue weighted by Crippen LogP contribution is 2.26. The first-order chi connectivity index (χ1) is 6.27. The number of halogens is 1. The van der Waals surface area contributed by atoms with Crippen LogP contribution in [-0.2, 0) is 4.79 Å². The Morgan fingerprint density at radius 2 is 1.86 bits per heavy atom. The van der Waals surface area contributed by atoms with Gasteiger partial charge in [0.05, 0.1) is 6.10 Å². The molecule has 14 heavy (non-hydrogen) atoms. The Morgan fingerprint density at radius 1 is 1.21 bits per heavy atom. The lowest BCUT2D eigenvalue weighted by Crippen LogP contribution is -2.39. The van der Waals surface area contributed by atoms with Gasteiger partial charge in [-0.15, -0.1) is 12.4 Å². The molecule has 1 N–H and O–H groups in total. The Bertz CT molecular complexity index is 202. The molecule has 2 rings (SSSR count). The molecule has 1 saturated carbocycles. The fourth-order valence-corrected chi connectivity index (χ4v) is 2.43. The van der Waals surface area contributed by atoms with Crippen molar-refractivity contribution in [1.82, 2.24) is 4.90 Å². The van der Waals surface area contributed by atoms with Crippen LogP contribution in [0.3, 0.4) is 0 Å². The second kappa shape index (κ2) is 4.99. The molecule has 4 heteroatoms. The van der Waals surface area contributed by atoms with E-state index in [1.807, 2.05) is 4.90 Å². The molecule has 0 aromatic heterocycles. The quantitative estimate of drug-likeness (QED) is 0.723. The molecule has 1 saturated heterocycles. The van der Waals surface area contributed by atoms with Crippen molar-refractivity contribution in [1.29, 1.82) is 0 Å². The molecule has 0 unspecified atom stereocenters. The van der Waals surface area contributed by atoms with Crippen molar-refractivity contribution in [3.8, 4) is 0 Å². The summed E-state index contributed by atoms with van der Waals surface area (Å²) in [6.07, 6.45) is 5.37. The van der Waals surface area contributed by atoms with Gasteiger partial charge in [0.15, 0.2) is 0 Å². The Labute approximate surface area is 90.9 Å². The highest BCUT2D eigenvalue weighted by Gasteiger charge is 2.30. The average molecular weight is 220 g/mol. The first kappa shape index (κ1) is 11.8. The third-order valence-electron chi connectivity index (χ3n) is 3.22. The van der Waals surface area contributed by atoms with Gasteiger partial charge in [0.1, 0.15) is 0 Å².